The Morgan fingerprint density at radius 3 is 2.65 bits per heavy atom. The lowest BCUT2D eigenvalue weighted by Gasteiger charge is -1.99. The van der Waals surface area contributed by atoms with Crippen molar-refractivity contribution < 1.29 is 4.92 Å². The summed E-state index contributed by atoms with van der Waals surface area (Å²) in [6.07, 6.45) is 0. The van der Waals surface area contributed by atoms with Crippen LogP contribution in [0, 0.1) is 10.1 Å². The molecule has 0 saturated heterocycles. The Kier molecular flexibility index (Phi) is 3.33. The first-order valence-electron chi connectivity index (χ1n) is 4.75. The van der Waals surface area contributed by atoms with Crippen LogP contribution in [0.15, 0.2) is 29.2 Å². The molecule has 0 fully saturated rings. The Hall–Kier alpha value is -1.96. The molecule has 88 valence electrons. The summed E-state index contributed by atoms with van der Waals surface area (Å²) in [6, 6.07) is 6.40. The van der Waals surface area contributed by atoms with E-state index in [2.05, 4.69) is 15.5 Å². The lowest BCUT2D eigenvalue weighted by atomic mass is 10.3. The van der Waals surface area contributed by atoms with Crippen LogP contribution < -0.4 is 0 Å². The van der Waals surface area contributed by atoms with Crippen LogP contribution in [0.4, 0.5) is 5.69 Å². The van der Waals surface area contributed by atoms with Gasteiger partial charge in [-0.25, -0.2) is 4.68 Å². The molecule has 1 aromatic heterocycles. The minimum Gasteiger partial charge on any atom is -0.258 e. The van der Waals surface area contributed by atoms with Crippen molar-refractivity contribution in [2.24, 2.45) is 7.05 Å². The molecule has 0 bridgehead atoms. The maximum absolute atomic E-state index is 10.5. The molecule has 2 rings (SSSR count). The second-order valence-corrected chi connectivity index (χ2v) is 4.31. The molecule has 0 aliphatic rings. The summed E-state index contributed by atoms with van der Waals surface area (Å²) in [5.74, 6) is 1.38. The lowest BCUT2D eigenvalue weighted by Crippen LogP contribution is -1.97. The van der Waals surface area contributed by atoms with Crippen LogP contribution in [0.1, 0.15) is 5.82 Å². The van der Waals surface area contributed by atoms with Gasteiger partial charge in [-0.15, -0.1) is 16.9 Å². The number of hydrogen-bond acceptors (Lipinski definition) is 6. The predicted octanol–water partition coefficient (Wildman–Crippen LogP) is 1.41. The third kappa shape index (κ3) is 2.78. The summed E-state index contributed by atoms with van der Waals surface area (Å²) in [7, 11) is 1.77. The third-order valence-corrected chi connectivity index (χ3v) is 3.13. The number of hydrogen-bond donors (Lipinski definition) is 0. The van der Waals surface area contributed by atoms with Crippen molar-refractivity contribution in [1.29, 1.82) is 0 Å². The maximum atomic E-state index is 10.5. The van der Waals surface area contributed by atoms with Crippen molar-refractivity contribution in [3.63, 3.8) is 0 Å². The van der Waals surface area contributed by atoms with E-state index in [1.807, 2.05) is 0 Å². The quantitative estimate of drug-likeness (QED) is 0.464. The molecule has 7 nitrogen and oxygen atoms in total. The number of nitro groups is 1. The highest BCUT2D eigenvalue weighted by atomic mass is 32.2. The SMILES string of the molecule is Cn1nnnc1CSc1ccc([N+](=O)[O-])cc1. The van der Waals surface area contributed by atoms with Gasteiger partial charge in [0.2, 0.25) is 0 Å². The number of nitro benzene ring substituents is 1. The van der Waals surface area contributed by atoms with Gasteiger partial charge in [0.05, 0.1) is 10.7 Å². The van der Waals surface area contributed by atoms with Crippen molar-refractivity contribution in [1.82, 2.24) is 20.2 Å². The number of nitrogens with zero attached hydrogens (tertiary/aromatic N) is 5. The number of aryl methyl sites for hydroxylation is 1. The van der Waals surface area contributed by atoms with Crippen LogP contribution in [0.25, 0.3) is 0 Å². The summed E-state index contributed by atoms with van der Waals surface area (Å²) in [4.78, 5) is 11.0. The summed E-state index contributed by atoms with van der Waals surface area (Å²) in [6.45, 7) is 0. The molecule has 1 aromatic carbocycles. The largest absolute Gasteiger partial charge is 0.269 e. The number of rotatable bonds is 4. The Bertz CT molecular complexity index is 524. The van der Waals surface area contributed by atoms with Gasteiger partial charge in [0.15, 0.2) is 5.82 Å². The molecule has 0 spiro atoms. The fourth-order valence-corrected chi connectivity index (χ4v) is 2.05. The molecule has 0 radical (unpaired) electrons. The summed E-state index contributed by atoms with van der Waals surface area (Å²) in [5, 5.41) is 21.6. The average Bonchev–Trinajstić information content (AvgIpc) is 2.73. The third-order valence-electron chi connectivity index (χ3n) is 2.12. The first-order valence-corrected chi connectivity index (χ1v) is 5.74. The first kappa shape index (κ1) is 11.5. The van der Waals surface area contributed by atoms with E-state index in [-0.39, 0.29) is 5.69 Å². The second kappa shape index (κ2) is 4.91. The molecule has 1 heterocycles. The van der Waals surface area contributed by atoms with E-state index in [0.717, 1.165) is 10.7 Å². The fourth-order valence-electron chi connectivity index (χ4n) is 1.18. The van der Waals surface area contributed by atoms with Gasteiger partial charge in [-0.1, -0.05) is 0 Å². The van der Waals surface area contributed by atoms with E-state index in [1.165, 1.54) is 23.9 Å². The first-order chi connectivity index (χ1) is 8.16. The van der Waals surface area contributed by atoms with E-state index >= 15 is 0 Å². The van der Waals surface area contributed by atoms with Crippen LogP contribution in [0.3, 0.4) is 0 Å². The van der Waals surface area contributed by atoms with Crippen LogP contribution in [-0.2, 0) is 12.8 Å². The number of tetrazole rings is 1. The van der Waals surface area contributed by atoms with Gasteiger partial charge in [-0.2, -0.15) is 0 Å². The highest BCUT2D eigenvalue weighted by Gasteiger charge is 2.06. The number of thioether (sulfide) groups is 1. The molecule has 0 N–H and O–H groups in total. The number of non-ortho nitro benzene ring substituents is 1. The van der Waals surface area contributed by atoms with E-state index < -0.39 is 4.92 Å². The van der Waals surface area contributed by atoms with Crippen molar-refractivity contribution in [3.8, 4) is 0 Å². The Labute approximate surface area is 101 Å². The van der Waals surface area contributed by atoms with Gasteiger partial charge in [-0.05, 0) is 22.6 Å². The molecule has 2 aromatic rings. The summed E-state index contributed by atoms with van der Waals surface area (Å²) < 4.78 is 1.60. The van der Waals surface area contributed by atoms with Crippen molar-refractivity contribution in [2.45, 2.75) is 10.6 Å². The average molecular weight is 251 g/mol. The standard InChI is InChI=1S/C9H9N5O2S/c1-13-9(10-11-12-13)6-17-8-4-2-7(3-5-8)14(15)16/h2-5H,6H2,1H3. The Balaban J connectivity index is 2.00. The number of benzene rings is 1. The van der Waals surface area contributed by atoms with Gasteiger partial charge < -0.3 is 0 Å². The van der Waals surface area contributed by atoms with Gasteiger partial charge in [-0.3, -0.25) is 10.1 Å². The van der Waals surface area contributed by atoms with E-state index in [4.69, 9.17) is 0 Å². The van der Waals surface area contributed by atoms with Crippen molar-refractivity contribution in [2.75, 3.05) is 0 Å². The summed E-state index contributed by atoms with van der Waals surface area (Å²) in [5.41, 5.74) is 0.0923. The van der Waals surface area contributed by atoms with Crippen molar-refractivity contribution >= 4 is 17.4 Å². The zero-order chi connectivity index (χ0) is 12.3. The molecule has 0 saturated carbocycles. The zero-order valence-corrected chi connectivity index (χ0v) is 9.79. The normalized spacial score (nSPS) is 10.4. The highest BCUT2D eigenvalue weighted by Crippen LogP contribution is 2.23. The smallest absolute Gasteiger partial charge is 0.258 e. The number of aromatic nitrogens is 4. The van der Waals surface area contributed by atoms with Crippen LogP contribution in [-0.4, -0.2) is 25.1 Å². The predicted molar refractivity (Wildman–Crippen MR) is 61.5 cm³/mol. The maximum Gasteiger partial charge on any atom is 0.269 e. The fraction of sp³-hybridized carbons (Fsp3) is 0.222. The molecule has 0 aliphatic heterocycles. The van der Waals surface area contributed by atoms with Gasteiger partial charge in [0, 0.05) is 24.1 Å². The second-order valence-electron chi connectivity index (χ2n) is 3.26. The van der Waals surface area contributed by atoms with Crippen molar-refractivity contribution in [3.05, 3.63) is 40.2 Å². The molecule has 17 heavy (non-hydrogen) atoms. The van der Waals surface area contributed by atoms with Crippen LogP contribution in [0.5, 0.6) is 0 Å². The van der Waals surface area contributed by atoms with Gasteiger partial charge >= 0.3 is 0 Å². The van der Waals surface area contributed by atoms with E-state index in [0.29, 0.717) is 5.75 Å². The van der Waals surface area contributed by atoms with Crippen LogP contribution in [0.2, 0.25) is 0 Å². The Morgan fingerprint density at radius 1 is 1.41 bits per heavy atom. The molecular weight excluding hydrogens is 242 g/mol. The lowest BCUT2D eigenvalue weighted by molar-refractivity contribution is -0.384. The molecule has 8 heteroatoms. The minimum absolute atomic E-state index is 0.0923. The molecule has 0 atom stereocenters. The molecule has 0 aliphatic carbocycles. The molecule has 0 amide bonds. The van der Waals surface area contributed by atoms with Gasteiger partial charge in [0.1, 0.15) is 0 Å². The van der Waals surface area contributed by atoms with E-state index in [9.17, 15) is 10.1 Å². The summed E-state index contributed by atoms with van der Waals surface area (Å²) >= 11 is 1.53. The van der Waals surface area contributed by atoms with Crippen LogP contribution >= 0.6 is 11.8 Å². The zero-order valence-electron chi connectivity index (χ0n) is 8.98. The Morgan fingerprint density at radius 2 is 2.12 bits per heavy atom. The van der Waals surface area contributed by atoms with Gasteiger partial charge in [0.25, 0.3) is 5.69 Å². The molecular formula is C9H9N5O2S. The molecule has 0 unspecified atom stereocenters. The minimum atomic E-state index is -0.416. The monoisotopic (exact) mass is 251 g/mol. The topological polar surface area (TPSA) is 86.7 Å². The highest BCUT2D eigenvalue weighted by molar-refractivity contribution is 7.98. The van der Waals surface area contributed by atoms with E-state index in [1.54, 1.807) is 23.9 Å².